The number of carbonyl (C=O) groups is 2. The van der Waals surface area contributed by atoms with E-state index in [1.54, 1.807) is 11.8 Å². The van der Waals surface area contributed by atoms with E-state index in [4.69, 9.17) is 5.11 Å². The molecule has 1 unspecified atom stereocenters. The molecule has 0 saturated heterocycles. The molecule has 0 aliphatic rings. The van der Waals surface area contributed by atoms with Crippen LogP contribution in [0.2, 0.25) is 0 Å². The lowest BCUT2D eigenvalue weighted by Gasteiger charge is -2.07. The first-order valence-electron chi connectivity index (χ1n) is 4.55. The second kappa shape index (κ2) is 5.55. The zero-order valence-electron chi connectivity index (χ0n) is 8.89. The van der Waals surface area contributed by atoms with Gasteiger partial charge in [-0.2, -0.15) is 11.8 Å². The Balaban J connectivity index is 2.56. The topological polar surface area (TPSA) is 92.4 Å². The largest absolute Gasteiger partial charge is 0.475 e. The van der Waals surface area contributed by atoms with Crippen LogP contribution in [0.15, 0.2) is 10.6 Å². The van der Waals surface area contributed by atoms with Crippen LogP contribution in [-0.2, 0) is 0 Å². The predicted molar refractivity (Wildman–Crippen MR) is 58.8 cm³/mol. The molecule has 7 heteroatoms. The van der Waals surface area contributed by atoms with E-state index in [0.29, 0.717) is 6.54 Å². The van der Waals surface area contributed by atoms with E-state index in [-0.39, 0.29) is 16.7 Å². The molecule has 0 radical (unpaired) electrons. The molecule has 1 aromatic rings. The molecule has 1 aromatic heterocycles. The average molecular weight is 244 g/mol. The van der Waals surface area contributed by atoms with E-state index < -0.39 is 11.9 Å². The molecule has 0 aromatic carbocycles. The van der Waals surface area contributed by atoms with E-state index in [0.717, 1.165) is 6.07 Å². The standard InChI is InChI=1S/C9H12N2O4S/c1-5(16-2)4-10-8(12)6-3-7(9(13)14)15-11-6/h3,5H,4H2,1-2H3,(H,10,12)(H,13,14). The fourth-order valence-corrected chi connectivity index (χ4v) is 1.14. The Hall–Kier alpha value is -1.50. The number of aromatic carboxylic acids is 1. The quantitative estimate of drug-likeness (QED) is 0.797. The molecule has 0 saturated carbocycles. The van der Waals surface area contributed by atoms with Gasteiger partial charge in [0.15, 0.2) is 5.69 Å². The highest BCUT2D eigenvalue weighted by molar-refractivity contribution is 7.99. The average Bonchev–Trinajstić information content (AvgIpc) is 2.74. The van der Waals surface area contributed by atoms with Gasteiger partial charge in [0, 0.05) is 17.9 Å². The molecule has 6 nitrogen and oxygen atoms in total. The minimum absolute atomic E-state index is 0.0225. The third-order valence-corrected chi connectivity index (χ3v) is 2.88. The van der Waals surface area contributed by atoms with Crippen LogP contribution in [0, 0.1) is 0 Å². The van der Waals surface area contributed by atoms with Crippen LogP contribution in [0.3, 0.4) is 0 Å². The molecule has 88 valence electrons. The molecule has 0 aliphatic carbocycles. The maximum absolute atomic E-state index is 11.5. The van der Waals surface area contributed by atoms with Gasteiger partial charge in [0.25, 0.3) is 5.91 Å². The van der Waals surface area contributed by atoms with E-state index >= 15 is 0 Å². The van der Waals surface area contributed by atoms with Crippen molar-refractivity contribution in [1.82, 2.24) is 10.5 Å². The lowest BCUT2D eigenvalue weighted by atomic mass is 10.3. The Labute approximate surface area is 96.4 Å². The van der Waals surface area contributed by atoms with Crippen molar-refractivity contribution in [2.75, 3.05) is 12.8 Å². The summed E-state index contributed by atoms with van der Waals surface area (Å²) >= 11 is 1.62. The summed E-state index contributed by atoms with van der Waals surface area (Å²) in [6.07, 6.45) is 1.94. The fourth-order valence-electron chi connectivity index (χ4n) is 0.893. The van der Waals surface area contributed by atoms with Crippen molar-refractivity contribution in [1.29, 1.82) is 0 Å². The van der Waals surface area contributed by atoms with Gasteiger partial charge in [0.1, 0.15) is 0 Å². The number of hydrogen-bond donors (Lipinski definition) is 2. The van der Waals surface area contributed by atoms with Crippen LogP contribution < -0.4 is 5.32 Å². The van der Waals surface area contributed by atoms with E-state index in [1.165, 1.54) is 0 Å². The van der Waals surface area contributed by atoms with Gasteiger partial charge in [-0.3, -0.25) is 4.79 Å². The van der Waals surface area contributed by atoms with Crippen molar-refractivity contribution >= 4 is 23.6 Å². The first kappa shape index (κ1) is 12.6. The molecule has 1 amide bonds. The van der Waals surface area contributed by atoms with Gasteiger partial charge in [-0.15, -0.1) is 0 Å². The third kappa shape index (κ3) is 3.27. The molecule has 0 fully saturated rings. The second-order valence-corrected chi connectivity index (χ2v) is 4.41. The summed E-state index contributed by atoms with van der Waals surface area (Å²) in [6.45, 7) is 2.46. The van der Waals surface area contributed by atoms with Gasteiger partial charge < -0.3 is 14.9 Å². The van der Waals surface area contributed by atoms with Crippen LogP contribution in [-0.4, -0.2) is 40.2 Å². The number of carbonyl (C=O) groups excluding carboxylic acids is 1. The molecule has 0 bridgehead atoms. The predicted octanol–water partition coefficient (Wildman–Crippen LogP) is 0.854. The van der Waals surface area contributed by atoms with E-state index in [1.807, 2.05) is 13.2 Å². The molecule has 1 heterocycles. The summed E-state index contributed by atoms with van der Waals surface area (Å²) in [6, 6.07) is 1.10. The molecule has 0 aliphatic heterocycles. The Morgan fingerprint density at radius 1 is 1.69 bits per heavy atom. The molecule has 1 rings (SSSR count). The van der Waals surface area contributed by atoms with Crippen LogP contribution in [0.5, 0.6) is 0 Å². The third-order valence-electron chi connectivity index (χ3n) is 1.91. The van der Waals surface area contributed by atoms with Crippen LogP contribution in [0.25, 0.3) is 0 Å². The zero-order valence-corrected chi connectivity index (χ0v) is 9.71. The number of rotatable bonds is 5. The summed E-state index contributed by atoms with van der Waals surface area (Å²) in [4.78, 5) is 21.9. The van der Waals surface area contributed by atoms with Crippen molar-refractivity contribution < 1.29 is 19.2 Å². The lowest BCUT2D eigenvalue weighted by Crippen LogP contribution is -2.29. The zero-order chi connectivity index (χ0) is 12.1. The normalized spacial score (nSPS) is 12.1. The van der Waals surface area contributed by atoms with Crippen molar-refractivity contribution in [2.45, 2.75) is 12.2 Å². The number of thioether (sulfide) groups is 1. The number of carboxylic acids is 1. The van der Waals surface area contributed by atoms with Gasteiger partial charge in [0.05, 0.1) is 0 Å². The van der Waals surface area contributed by atoms with Crippen molar-refractivity contribution in [3.63, 3.8) is 0 Å². The van der Waals surface area contributed by atoms with Gasteiger partial charge in [-0.25, -0.2) is 4.79 Å². The monoisotopic (exact) mass is 244 g/mol. The molecular weight excluding hydrogens is 232 g/mol. The molecule has 2 N–H and O–H groups in total. The van der Waals surface area contributed by atoms with Crippen LogP contribution in [0.4, 0.5) is 0 Å². The summed E-state index contributed by atoms with van der Waals surface area (Å²) in [5.74, 6) is -2.02. The lowest BCUT2D eigenvalue weighted by molar-refractivity contribution is 0.0651. The van der Waals surface area contributed by atoms with E-state index in [9.17, 15) is 9.59 Å². The van der Waals surface area contributed by atoms with Gasteiger partial charge in [0.2, 0.25) is 5.76 Å². The van der Waals surface area contributed by atoms with E-state index in [2.05, 4.69) is 15.0 Å². The Kier molecular flexibility index (Phi) is 4.36. The first-order valence-corrected chi connectivity index (χ1v) is 5.84. The maximum atomic E-state index is 11.5. The van der Waals surface area contributed by atoms with Crippen molar-refractivity contribution in [3.8, 4) is 0 Å². The molecule has 0 spiro atoms. The summed E-state index contributed by atoms with van der Waals surface area (Å²) in [7, 11) is 0. The van der Waals surface area contributed by atoms with Crippen molar-refractivity contribution in [3.05, 3.63) is 17.5 Å². The number of amides is 1. The Morgan fingerprint density at radius 3 is 2.88 bits per heavy atom. The fraction of sp³-hybridized carbons (Fsp3) is 0.444. The number of aromatic nitrogens is 1. The summed E-state index contributed by atoms with van der Waals surface area (Å²) < 4.78 is 4.46. The summed E-state index contributed by atoms with van der Waals surface area (Å²) in [5, 5.41) is 14.8. The maximum Gasteiger partial charge on any atom is 0.374 e. The SMILES string of the molecule is CSC(C)CNC(=O)c1cc(C(=O)O)on1. The minimum Gasteiger partial charge on any atom is -0.475 e. The molecule has 16 heavy (non-hydrogen) atoms. The van der Waals surface area contributed by atoms with Gasteiger partial charge in [-0.05, 0) is 6.26 Å². The highest BCUT2D eigenvalue weighted by Gasteiger charge is 2.16. The number of carboxylic acid groups (broad SMARTS) is 1. The number of nitrogens with zero attached hydrogens (tertiary/aromatic N) is 1. The summed E-state index contributed by atoms with van der Waals surface area (Å²) in [5.41, 5.74) is -0.0225. The minimum atomic E-state index is -1.25. The number of hydrogen-bond acceptors (Lipinski definition) is 5. The number of nitrogens with one attached hydrogen (secondary N) is 1. The first-order chi connectivity index (χ1) is 7.54. The smallest absolute Gasteiger partial charge is 0.374 e. The highest BCUT2D eigenvalue weighted by atomic mass is 32.2. The Bertz CT molecular complexity index is 391. The van der Waals surface area contributed by atoms with Gasteiger partial charge >= 0.3 is 5.97 Å². The van der Waals surface area contributed by atoms with Crippen LogP contribution in [0.1, 0.15) is 28.0 Å². The second-order valence-electron chi connectivity index (χ2n) is 3.14. The highest BCUT2D eigenvalue weighted by Crippen LogP contribution is 2.05. The Morgan fingerprint density at radius 2 is 2.38 bits per heavy atom. The molecular formula is C9H12N2O4S. The van der Waals surface area contributed by atoms with Crippen LogP contribution >= 0.6 is 11.8 Å². The van der Waals surface area contributed by atoms with Crippen molar-refractivity contribution in [2.24, 2.45) is 0 Å². The van der Waals surface area contributed by atoms with Gasteiger partial charge in [-0.1, -0.05) is 12.1 Å². The molecule has 1 atom stereocenters.